The lowest BCUT2D eigenvalue weighted by atomic mass is 10.0. The molecule has 0 atom stereocenters. The van der Waals surface area contributed by atoms with Crippen LogP contribution in [0.15, 0.2) is 42.6 Å². The molecule has 0 bridgehead atoms. The molecule has 0 saturated carbocycles. The van der Waals surface area contributed by atoms with Crippen LogP contribution >= 0.6 is 0 Å². The van der Waals surface area contributed by atoms with Crippen molar-refractivity contribution in [3.63, 3.8) is 0 Å². The van der Waals surface area contributed by atoms with E-state index in [2.05, 4.69) is 24.9 Å². The molecule has 2 aromatic rings. The molecule has 1 aromatic carbocycles. The lowest BCUT2D eigenvalue weighted by molar-refractivity contribution is 0.464. The minimum atomic E-state index is 0.375. The molecule has 0 radical (unpaired) electrons. The summed E-state index contributed by atoms with van der Waals surface area (Å²) in [5.41, 5.74) is 7.62. The fourth-order valence-corrected chi connectivity index (χ4v) is 1.84. The Balaban J connectivity index is 2.34. The summed E-state index contributed by atoms with van der Waals surface area (Å²) in [5.74, 6) is 2.02. The van der Waals surface area contributed by atoms with Gasteiger partial charge in [0.2, 0.25) is 0 Å². The molecule has 0 fully saturated rings. The van der Waals surface area contributed by atoms with Gasteiger partial charge in [0.1, 0.15) is 11.5 Å². The normalized spacial score (nSPS) is 10.7. The second kappa shape index (κ2) is 5.65. The van der Waals surface area contributed by atoms with Gasteiger partial charge in [0.05, 0.1) is 5.69 Å². The van der Waals surface area contributed by atoms with E-state index in [1.165, 1.54) is 5.56 Å². The van der Waals surface area contributed by atoms with Crippen LogP contribution in [-0.4, -0.2) is 4.98 Å². The number of rotatable bonds is 4. The van der Waals surface area contributed by atoms with Gasteiger partial charge in [-0.1, -0.05) is 32.0 Å². The van der Waals surface area contributed by atoms with Crippen LogP contribution in [0.5, 0.6) is 11.5 Å². The zero-order valence-corrected chi connectivity index (χ0v) is 10.8. The van der Waals surface area contributed by atoms with Crippen LogP contribution < -0.4 is 10.5 Å². The molecule has 1 aromatic heterocycles. The van der Waals surface area contributed by atoms with Crippen molar-refractivity contribution in [3.8, 4) is 11.5 Å². The molecule has 94 valence electrons. The van der Waals surface area contributed by atoms with Crippen LogP contribution in [0.2, 0.25) is 0 Å². The maximum Gasteiger partial charge on any atom is 0.150 e. The molecule has 0 unspecified atom stereocenters. The number of aromatic nitrogens is 1. The van der Waals surface area contributed by atoms with Gasteiger partial charge in [0.15, 0.2) is 0 Å². The zero-order chi connectivity index (χ0) is 13.0. The molecule has 2 N–H and O–H groups in total. The summed E-state index contributed by atoms with van der Waals surface area (Å²) in [6, 6.07) is 11.8. The highest BCUT2D eigenvalue weighted by Gasteiger charge is 2.10. The van der Waals surface area contributed by atoms with Crippen molar-refractivity contribution < 1.29 is 4.74 Å². The average Bonchev–Trinajstić information content (AvgIpc) is 2.40. The molecule has 0 saturated heterocycles. The van der Waals surface area contributed by atoms with Crippen LogP contribution in [0, 0.1) is 0 Å². The number of nitrogens with two attached hydrogens (primary N) is 1. The Morgan fingerprint density at radius 1 is 1.11 bits per heavy atom. The Morgan fingerprint density at radius 3 is 2.56 bits per heavy atom. The maximum atomic E-state index is 5.95. The predicted octanol–water partition coefficient (Wildman–Crippen LogP) is 3.46. The maximum absolute atomic E-state index is 5.95. The summed E-state index contributed by atoms with van der Waals surface area (Å²) in [6.07, 6.45) is 1.73. The van der Waals surface area contributed by atoms with E-state index in [9.17, 15) is 0 Å². The van der Waals surface area contributed by atoms with Gasteiger partial charge in [-0.25, -0.2) is 0 Å². The van der Waals surface area contributed by atoms with Crippen molar-refractivity contribution in [1.82, 2.24) is 4.98 Å². The van der Waals surface area contributed by atoms with E-state index in [4.69, 9.17) is 10.5 Å². The second-order valence-corrected chi connectivity index (χ2v) is 4.45. The van der Waals surface area contributed by atoms with Crippen LogP contribution in [-0.2, 0) is 6.54 Å². The monoisotopic (exact) mass is 242 g/mol. The molecule has 2 rings (SSSR count). The minimum Gasteiger partial charge on any atom is -0.455 e. The molecule has 3 heteroatoms. The largest absolute Gasteiger partial charge is 0.455 e. The molecular formula is C15H18N2O. The SMILES string of the molecule is CC(C)c1ccccc1Oc1cccnc1CN. The van der Waals surface area contributed by atoms with Gasteiger partial charge >= 0.3 is 0 Å². The Kier molecular flexibility index (Phi) is 3.95. The predicted molar refractivity (Wildman–Crippen MR) is 72.7 cm³/mol. The summed E-state index contributed by atoms with van der Waals surface area (Å²) < 4.78 is 5.95. The van der Waals surface area contributed by atoms with E-state index in [1.54, 1.807) is 6.20 Å². The first kappa shape index (κ1) is 12.6. The number of ether oxygens (including phenoxy) is 1. The van der Waals surface area contributed by atoms with Gasteiger partial charge in [-0.05, 0) is 29.7 Å². The van der Waals surface area contributed by atoms with E-state index >= 15 is 0 Å². The lowest BCUT2D eigenvalue weighted by Crippen LogP contribution is -2.02. The molecule has 0 spiro atoms. The van der Waals surface area contributed by atoms with E-state index in [0.29, 0.717) is 12.5 Å². The summed E-state index contributed by atoms with van der Waals surface area (Å²) in [6.45, 7) is 4.67. The first-order chi connectivity index (χ1) is 8.72. The highest BCUT2D eigenvalue weighted by molar-refractivity contribution is 5.40. The number of para-hydroxylation sites is 1. The van der Waals surface area contributed by atoms with Crippen molar-refractivity contribution in [2.24, 2.45) is 5.73 Å². The fraction of sp³-hybridized carbons (Fsp3) is 0.267. The van der Waals surface area contributed by atoms with Crippen molar-refractivity contribution in [2.45, 2.75) is 26.3 Å². The zero-order valence-electron chi connectivity index (χ0n) is 10.8. The molecule has 3 nitrogen and oxygen atoms in total. The van der Waals surface area contributed by atoms with Crippen molar-refractivity contribution in [2.75, 3.05) is 0 Å². The van der Waals surface area contributed by atoms with Crippen LogP contribution in [0.4, 0.5) is 0 Å². The van der Waals surface area contributed by atoms with Crippen LogP contribution in [0.3, 0.4) is 0 Å². The number of nitrogens with zero attached hydrogens (tertiary/aromatic N) is 1. The smallest absolute Gasteiger partial charge is 0.150 e. The first-order valence-electron chi connectivity index (χ1n) is 6.13. The molecule has 0 aliphatic rings. The summed E-state index contributed by atoms with van der Waals surface area (Å²) >= 11 is 0. The Bertz CT molecular complexity index is 523. The Hall–Kier alpha value is -1.87. The molecular weight excluding hydrogens is 224 g/mol. The lowest BCUT2D eigenvalue weighted by Gasteiger charge is -2.14. The van der Waals surface area contributed by atoms with E-state index in [-0.39, 0.29) is 0 Å². The third kappa shape index (κ3) is 2.68. The summed E-state index contributed by atoms with van der Waals surface area (Å²) in [4.78, 5) is 4.22. The molecule has 0 amide bonds. The van der Waals surface area contributed by atoms with Gasteiger partial charge in [0, 0.05) is 12.7 Å². The second-order valence-electron chi connectivity index (χ2n) is 4.45. The van der Waals surface area contributed by atoms with Crippen molar-refractivity contribution >= 4 is 0 Å². The van der Waals surface area contributed by atoms with Crippen LogP contribution in [0.1, 0.15) is 31.0 Å². The molecule has 0 aliphatic heterocycles. The number of hydrogen-bond donors (Lipinski definition) is 1. The van der Waals surface area contributed by atoms with Gasteiger partial charge in [-0.2, -0.15) is 0 Å². The Morgan fingerprint density at radius 2 is 1.83 bits per heavy atom. The molecule has 1 heterocycles. The third-order valence-corrected chi connectivity index (χ3v) is 2.80. The van der Waals surface area contributed by atoms with Crippen LogP contribution in [0.25, 0.3) is 0 Å². The number of hydrogen-bond acceptors (Lipinski definition) is 3. The fourth-order valence-electron chi connectivity index (χ4n) is 1.84. The van der Waals surface area contributed by atoms with Gasteiger partial charge < -0.3 is 10.5 Å². The highest BCUT2D eigenvalue weighted by Crippen LogP contribution is 2.31. The van der Waals surface area contributed by atoms with Gasteiger partial charge in [0.25, 0.3) is 0 Å². The average molecular weight is 242 g/mol. The summed E-state index contributed by atoms with van der Waals surface area (Å²) in [7, 11) is 0. The Labute approximate surface area is 108 Å². The molecule has 0 aliphatic carbocycles. The standard InChI is InChI=1S/C15H18N2O/c1-11(2)12-6-3-4-7-14(12)18-15-8-5-9-17-13(15)10-16/h3-9,11H,10,16H2,1-2H3. The number of benzene rings is 1. The van der Waals surface area contributed by atoms with Gasteiger partial charge in [-0.15, -0.1) is 0 Å². The first-order valence-corrected chi connectivity index (χ1v) is 6.13. The molecule has 18 heavy (non-hydrogen) atoms. The van der Waals surface area contributed by atoms with E-state index in [0.717, 1.165) is 17.2 Å². The van der Waals surface area contributed by atoms with E-state index in [1.807, 2.05) is 30.3 Å². The van der Waals surface area contributed by atoms with E-state index < -0.39 is 0 Å². The summed E-state index contributed by atoms with van der Waals surface area (Å²) in [5, 5.41) is 0. The van der Waals surface area contributed by atoms with Gasteiger partial charge in [-0.3, -0.25) is 4.98 Å². The number of pyridine rings is 1. The minimum absolute atomic E-state index is 0.375. The third-order valence-electron chi connectivity index (χ3n) is 2.80. The van der Waals surface area contributed by atoms with Crippen molar-refractivity contribution in [3.05, 3.63) is 53.9 Å². The highest BCUT2D eigenvalue weighted by atomic mass is 16.5. The topological polar surface area (TPSA) is 48.1 Å². The quantitative estimate of drug-likeness (QED) is 0.893. The van der Waals surface area contributed by atoms with Crippen molar-refractivity contribution in [1.29, 1.82) is 0 Å².